The van der Waals surface area contributed by atoms with Gasteiger partial charge in [0.05, 0.1) is 0 Å². The van der Waals surface area contributed by atoms with E-state index in [9.17, 15) is 0 Å². The van der Waals surface area contributed by atoms with Gasteiger partial charge in [0.1, 0.15) is 16.0 Å². The molecule has 0 atom stereocenters. The van der Waals surface area contributed by atoms with Crippen LogP contribution in [0.1, 0.15) is 0 Å². The van der Waals surface area contributed by atoms with E-state index < -0.39 is 0 Å². The van der Waals surface area contributed by atoms with Crippen LogP contribution in [0.15, 0.2) is 174 Å². The Hall–Kier alpha value is -6.23. The molecule has 0 aliphatic rings. The number of anilines is 3. The first kappa shape index (κ1) is 27.8. The quantitative estimate of drug-likeness (QED) is 0.187. The normalized spacial score (nSPS) is 11.7. The maximum Gasteiger partial charge on any atom is 0.143 e. The van der Waals surface area contributed by atoms with Gasteiger partial charge in [-0.2, -0.15) is 0 Å². The first-order valence-electron chi connectivity index (χ1n) is 16.4. The second-order valence-electron chi connectivity index (χ2n) is 12.4. The Morgan fingerprint density at radius 2 is 1.14 bits per heavy atom. The summed E-state index contributed by atoms with van der Waals surface area (Å²) in [6.45, 7) is 0. The molecule has 3 heterocycles. The van der Waals surface area contributed by atoms with Gasteiger partial charge in [0.2, 0.25) is 0 Å². The number of aromatic nitrogens is 1. The van der Waals surface area contributed by atoms with Crippen molar-refractivity contribution in [3.05, 3.63) is 170 Å². The zero-order valence-electron chi connectivity index (χ0n) is 26.4. The van der Waals surface area contributed by atoms with Gasteiger partial charge >= 0.3 is 0 Å². The summed E-state index contributed by atoms with van der Waals surface area (Å²) in [5.41, 5.74) is 9.70. The monoisotopic (exact) mass is 644 g/mol. The molecule has 0 aliphatic carbocycles. The van der Waals surface area contributed by atoms with Gasteiger partial charge in [-0.25, -0.2) is 4.98 Å². The molecule has 0 unspecified atom stereocenters. The first-order chi connectivity index (χ1) is 24.3. The topological polar surface area (TPSA) is 29.3 Å². The van der Waals surface area contributed by atoms with Gasteiger partial charge in [-0.3, -0.25) is 0 Å². The Kier molecular flexibility index (Phi) is 6.36. The summed E-state index contributed by atoms with van der Waals surface area (Å²) in [4.78, 5) is 8.25. The van der Waals surface area contributed by atoms with Crippen molar-refractivity contribution in [2.24, 2.45) is 0 Å². The number of thiophene rings is 1. The number of rotatable bonds is 5. The highest BCUT2D eigenvalue weighted by Gasteiger charge is 2.18. The van der Waals surface area contributed by atoms with Crippen LogP contribution in [0.2, 0.25) is 0 Å². The molecular weight excluding hydrogens is 617 g/mol. The molecule has 7 aromatic carbocycles. The van der Waals surface area contributed by atoms with Crippen LogP contribution in [0.5, 0.6) is 0 Å². The molecule has 0 N–H and O–H groups in total. The smallest absolute Gasteiger partial charge is 0.143 e. The van der Waals surface area contributed by atoms with Crippen LogP contribution in [0, 0.1) is 0 Å². The molecule has 0 fully saturated rings. The average molecular weight is 645 g/mol. The van der Waals surface area contributed by atoms with Crippen LogP contribution < -0.4 is 4.90 Å². The zero-order valence-corrected chi connectivity index (χ0v) is 27.2. The maximum absolute atomic E-state index is 6.38. The summed E-state index contributed by atoms with van der Waals surface area (Å²) >= 11 is 1.75. The standard InChI is InChI=1S/C45H28N2OS/c1-2-9-29(10-3-1)30-17-21-33(22-18-30)47(35-25-26-40-42(27-35)49-45-43(40)36-12-5-4-11-32(36)28-46-45)34-23-19-31(20-24-34)37-14-8-15-39-38-13-6-7-16-41(38)48-44(37)39/h1-28H. The third-order valence-electron chi connectivity index (χ3n) is 9.54. The van der Waals surface area contributed by atoms with Crippen molar-refractivity contribution in [3.63, 3.8) is 0 Å². The van der Waals surface area contributed by atoms with E-state index in [-0.39, 0.29) is 0 Å². The van der Waals surface area contributed by atoms with E-state index in [1.165, 1.54) is 32.0 Å². The third kappa shape index (κ3) is 4.61. The molecule has 3 nitrogen and oxygen atoms in total. The van der Waals surface area contributed by atoms with E-state index in [1.54, 1.807) is 11.3 Å². The third-order valence-corrected chi connectivity index (χ3v) is 10.6. The Labute approximate surface area is 286 Å². The zero-order chi connectivity index (χ0) is 32.3. The fraction of sp³-hybridized carbons (Fsp3) is 0. The fourth-order valence-corrected chi connectivity index (χ4v) is 8.27. The van der Waals surface area contributed by atoms with Crippen molar-refractivity contribution >= 4 is 81.4 Å². The highest BCUT2D eigenvalue weighted by Crippen LogP contribution is 2.43. The van der Waals surface area contributed by atoms with Crippen molar-refractivity contribution in [3.8, 4) is 22.3 Å². The maximum atomic E-state index is 6.38. The van der Waals surface area contributed by atoms with Crippen LogP contribution in [0.3, 0.4) is 0 Å². The summed E-state index contributed by atoms with van der Waals surface area (Å²) in [6, 6.07) is 58.2. The van der Waals surface area contributed by atoms with E-state index in [1.807, 2.05) is 18.3 Å². The largest absolute Gasteiger partial charge is 0.455 e. The SMILES string of the molecule is c1ccc(-c2ccc(N(c3ccc(-c4cccc5c4oc4ccccc45)cc3)c3ccc4c(c3)sc3ncc5ccccc5c34)cc2)cc1. The Balaban J connectivity index is 1.11. The summed E-state index contributed by atoms with van der Waals surface area (Å²) < 4.78 is 7.60. The molecule has 0 radical (unpaired) electrons. The number of hydrogen-bond acceptors (Lipinski definition) is 4. The van der Waals surface area contributed by atoms with Gasteiger partial charge in [0.25, 0.3) is 0 Å². The van der Waals surface area contributed by atoms with Crippen molar-refractivity contribution in [1.82, 2.24) is 4.98 Å². The molecule has 3 aromatic heterocycles. The summed E-state index contributed by atoms with van der Waals surface area (Å²) in [5, 5.41) is 7.15. The lowest BCUT2D eigenvalue weighted by molar-refractivity contribution is 0.670. The lowest BCUT2D eigenvalue weighted by Gasteiger charge is -2.26. The number of nitrogens with zero attached hydrogens (tertiary/aromatic N) is 2. The Morgan fingerprint density at radius 3 is 1.96 bits per heavy atom. The van der Waals surface area contributed by atoms with Crippen molar-refractivity contribution in [2.75, 3.05) is 4.90 Å². The molecule has 0 saturated heterocycles. The van der Waals surface area contributed by atoms with E-state index >= 15 is 0 Å². The minimum atomic E-state index is 0.909. The summed E-state index contributed by atoms with van der Waals surface area (Å²) in [7, 11) is 0. The highest BCUT2D eigenvalue weighted by molar-refractivity contribution is 7.25. The minimum Gasteiger partial charge on any atom is -0.455 e. The Bertz CT molecular complexity index is 2810. The summed E-state index contributed by atoms with van der Waals surface area (Å²) in [6.07, 6.45) is 1.99. The van der Waals surface area contributed by atoms with Gasteiger partial charge in [0, 0.05) is 60.5 Å². The van der Waals surface area contributed by atoms with Gasteiger partial charge in [-0.1, -0.05) is 121 Å². The molecule has 230 valence electrons. The lowest BCUT2D eigenvalue weighted by atomic mass is 10.0. The minimum absolute atomic E-state index is 0.909. The number of para-hydroxylation sites is 2. The predicted molar refractivity (Wildman–Crippen MR) is 207 cm³/mol. The number of hydrogen-bond donors (Lipinski definition) is 0. The van der Waals surface area contributed by atoms with Crippen LogP contribution >= 0.6 is 11.3 Å². The van der Waals surface area contributed by atoms with Crippen LogP contribution in [-0.2, 0) is 0 Å². The number of benzene rings is 7. The second kappa shape index (κ2) is 11.2. The molecule has 4 heteroatoms. The second-order valence-corrected chi connectivity index (χ2v) is 13.4. The molecule has 0 spiro atoms. The van der Waals surface area contributed by atoms with E-state index in [0.717, 1.165) is 60.3 Å². The van der Waals surface area contributed by atoms with Crippen LogP contribution in [-0.4, -0.2) is 4.98 Å². The van der Waals surface area contributed by atoms with Crippen LogP contribution in [0.25, 0.3) is 75.3 Å². The molecule has 0 saturated carbocycles. The molecule has 0 aliphatic heterocycles. The highest BCUT2D eigenvalue weighted by atomic mass is 32.1. The molecule has 10 aromatic rings. The molecule has 10 rings (SSSR count). The molecule has 0 amide bonds. The Morgan fingerprint density at radius 1 is 0.490 bits per heavy atom. The average Bonchev–Trinajstić information content (AvgIpc) is 3.74. The van der Waals surface area contributed by atoms with Crippen LogP contribution in [0.4, 0.5) is 17.1 Å². The van der Waals surface area contributed by atoms with Gasteiger partial charge in [0.15, 0.2) is 0 Å². The van der Waals surface area contributed by atoms with Crippen molar-refractivity contribution < 1.29 is 4.42 Å². The molecular formula is C45H28N2OS. The van der Waals surface area contributed by atoms with E-state index in [2.05, 4.69) is 157 Å². The lowest BCUT2D eigenvalue weighted by Crippen LogP contribution is -2.09. The van der Waals surface area contributed by atoms with Crippen molar-refractivity contribution in [1.29, 1.82) is 0 Å². The molecule has 0 bridgehead atoms. The number of pyridine rings is 1. The fourth-order valence-electron chi connectivity index (χ4n) is 7.17. The summed E-state index contributed by atoms with van der Waals surface area (Å²) in [5.74, 6) is 0. The van der Waals surface area contributed by atoms with Crippen molar-refractivity contribution in [2.45, 2.75) is 0 Å². The number of fused-ring (bicyclic) bond motifs is 8. The van der Waals surface area contributed by atoms with E-state index in [4.69, 9.17) is 9.40 Å². The van der Waals surface area contributed by atoms with Gasteiger partial charge < -0.3 is 9.32 Å². The molecule has 49 heavy (non-hydrogen) atoms. The predicted octanol–water partition coefficient (Wildman–Crippen LogP) is 13.3. The number of furan rings is 1. The van der Waals surface area contributed by atoms with Gasteiger partial charge in [-0.05, 0) is 64.5 Å². The van der Waals surface area contributed by atoms with E-state index in [0.29, 0.717) is 0 Å². The first-order valence-corrected chi connectivity index (χ1v) is 17.3. The van der Waals surface area contributed by atoms with Gasteiger partial charge in [-0.15, -0.1) is 11.3 Å².